The minimum atomic E-state index is -1.04. The minimum Gasteiger partial charge on any atom is -0.465 e. The Kier molecular flexibility index (Phi) is 17.3. The molecule has 0 fully saturated rings. The molecule has 262 valence electrons. The Morgan fingerprint density at radius 1 is 0.551 bits per heavy atom. The number of alkyl carbamates (subject to hydrolysis) is 1. The van der Waals surface area contributed by atoms with Gasteiger partial charge in [-0.3, -0.25) is 14.4 Å². The summed E-state index contributed by atoms with van der Waals surface area (Å²) in [5.41, 5.74) is 2.55. The summed E-state index contributed by atoms with van der Waals surface area (Å²) < 4.78 is 5.20. The average molecular weight is 674 g/mol. The summed E-state index contributed by atoms with van der Waals surface area (Å²) in [5, 5.41) is 22.1. The van der Waals surface area contributed by atoms with Crippen molar-refractivity contribution >= 4 is 29.9 Å². The van der Waals surface area contributed by atoms with E-state index in [2.05, 4.69) is 26.6 Å². The topological polar surface area (TPSA) is 175 Å². The first-order chi connectivity index (χ1) is 23.8. The van der Waals surface area contributed by atoms with Crippen LogP contribution in [0.25, 0.3) is 0 Å². The Labute approximate surface area is 287 Å². The van der Waals surface area contributed by atoms with Crippen molar-refractivity contribution in [2.75, 3.05) is 19.6 Å². The molecule has 12 nitrogen and oxygen atoms in total. The minimum absolute atomic E-state index is 0.112. The van der Waals surface area contributed by atoms with Gasteiger partial charge < -0.3 is 36.4 Å². The Hall–Kier alpha value is -5.39. The molecule has 3 rings (SSSR count). The first-order valence-corrected chi connectivity index (χ1v) is 16.7. The van der Waals surface area contributed by atoms with Crippen LogP contribution in [0.1, 0.15) is 55.2 Å². The second kappa shape index (κ2) is 22.2. The average Bonchev–Trinajstić information content (AvgIpc) is 3.11. The number of benzene rings is 3. The molecular formula is C37H47N5O7. The summed E-state index contributed by atoms with van der Waals surface area (Å²) in [7, 11) is 0. The summed E-state index contributed by atoms with van der Waals surface area (Å²) in [6.45, 7) is 0.757. The molecular weight excluding hydrogens is 626 g/mol. The second-order valence-electron chi connectivity index (χ2n) is 11.6. The van der Waals surface area contributed by atoms with Crippen molar-refractivity contribution in [2.45, 2.75) is 70.1 Å². The van der Waals surface area contributed by atoms with Gasteiger partial charge in [0.15, 0.2) is 0 Å². The van der Waals surface area contributed by atoms with Gasteiger partial charge in [-0.25, -0.2) is 9.59 Å². The van der Waals surface area contributed by atoms with E-state index in [9.17, 15) is 24.0 Å². The first kappa shape index (κ1) is 38.1. The standard InChI is InChI=1S/C37H47N5O7/c43-33(21-13-2-1-3-14-22-39-36(46)47)41-32(26-29-17-9-5-10-18-29)35(45)42-31(25-28-15-7-4-8-16-28)34(44)38-23-24-40-37(48)49-27-30-19-11-6-12-20-30/h4-12,15-20,31-32,39H,1-3,13-14,21-27H2,(H,38,44)(H,40,48)(H,41,43)(H,42,45)(H,46,47)/t31-,32-/m0/s1. The molecule has 0 aliphatic rings. The zero-order chi connectivity index (χ0) is 35.1. The Bertz CT molecular complexity index is 1440. The van der Waals surface area contributed by atoms with Gasteiger partial charge in [0.2, 0.25) is 17.7 Å². The molecule has 49 heavy (non-hydrogen) atoms. The largest absolute Gasteiger partial charge is 0.465 e. The lowest BCUT2D eigenvalue weighted by Crippen LogP contribution is -2.55. The molecule has 5 amide bonds. The van der Waals surface area contributed by atoms with Gasteiger partial charge in [-0.15, -0.1) is 0 Å². The van der Waals surface area contributed by atoms with Crippen LogP contribution in [0.2, 0.25) is 0 Å². The van der Waals surface area contributed by atoms with E-state index >= 15 is 0 Å². The molecule has 0 aliphatic heterocycles. The Balaban J connectivity index is 1.55. The highest BCUT2D eigenvalue weighted by atomic mass is 16.5. The molecule has 0 aromatic heterocycles. The highest BCUT2D eigenvalue weighted by Gasteiger charge is 2.27. The lowest BCUT2D eigenvalue weighted by molar-refractivity contribution is -0.132. The number of rotatable bonds is 21. The molecule has 0 radical (unpaired) electrons. The van der Waals surface area contributed by atoms with E-state index < -0.39 is 36.1 Å². The molecule has 0 heterocycles. The van der Waals surface area contributed by atoms with Crippen LogP contribution < -0.4 is 26.6 Å². The van der Waals surface area contributed by atoms with Crippen LogP contribution in [-0.2, 0) is 38.6 Å². The number of carbonyl (C=O) groups is 5. The molecule has 3 aromatic rings. The van der Waals surface area contributed by atoms with Gasteiger partial charge in [-0.2, -0.15) is 0 Å². The smallest absolute Gasteiger partial charge is 0.407 e. The molecule has 0 unspecified atom stereocenters. The summed E-state index contributed by atoms with van der Waals surface area (Å²) >= 11 is 0. The van der Waals surface area contributed by atoms with E-state index in [-0.39, 0.29) is 44.9 Å². The van der Waals surface area contributed by atoms with Crippen molar-refractivity contribution in [3.63, 3.8) is 0 Å². The zero-order valence-electron chi connectivity index (χ0n) is 27.7. The maximum Gasteiger partial charge on any atom is 0.407 e. The van der Waals surface area contributed by atoms with Crippen LogP contribution >= 0.6 is 0 Å². The number of hydrogen-bond donors (Lipinski definition) is 6. The van der Waals surface area contributed by atoms with E-state index in [4.69, 9.17) is 9.84 Å². The molecule has 12 heteroatoms. The number of unbranched alkanes of at least 4 members (excludes halogenated alkanes) is 4. The molecule has 0 saturated carbocycles. The van der Waals surface area contributed by atoms with Gasteiger partial charge in [0, 0.05) is 38.9 Å². The van der Waals surface area contributed by atoms with Gasteiger partial charge in [-0.05, 0) is 29.5 Å². The van der Waals surface area contributed by atoms with E-state index in [0.717, 1.165) is 42.4 Å². The number of nitrogens with one attached hydrogen (secondary N) is 5. The fraction of sp³-hybridized carbons (Fsp3) is 0.378. The predicted octanol–water partition coefficient (Wildman–Crippen LogP) is 4.09. The molecule has 2 atom stereocenters. The van der Waals surface area contributed by atoms with Crippen molar-refractivity contribution in [3.8, 4) is 0 Å². The monoisotopic (exact) mass is 673 g/mol. The highest BCUT2D eigenvalue weighted by Crippen LogP contribution is 2.09. The normalized spacial score (nSPS) is 11.8. The van der Waals surface area contributed by atoms with E-state index in [1.54, 1.807) is 0 Å². The molecule has 0 bridgehead atoms. The van der Waals surface area contributed by atoms with Crippen molar-refractivity contribution < 1.29 is 33.8 Å². The van der Waals surface area contributed by atoms with Gasteiger partial charge >= 0.3 is 12.2 Å². The highest BCUT2D eigenvalue weighted by molar-refractivity contribution is 5.92. The van der Waals surface area contributed by atoms with Gasteiger partial charge in [0.25, 0.3) is 0 Å². The fourth-order valence-corrected chi connectivity index (χ4v) is 5.04. The third-order valence-electron chi connectivity index (χ3n) is 7.61. The number of carbonyl (C=O) groups excluding carboxylic acids is 4. The van der Waals surface area contributed by atoms with Crippen molar-refractivity contribution in [2.24, 2.45) is 0 Å². The van der Waals surface area contributed by atoms with Crippen LogP contribution in [0.5, 0.6) is 0 Å². The van der Waals surface area contributed by atoms with Gasteiger partial charge in [0.1, 0.15) is 18.7 Å². The quantitative estimate of drug-likeness (QED) is 0.0924. The predicted molar refractivity (Wildman–Crippen MR) is 186 cm³/mol. The summed E-state index contributed by atoms with van der Waals surface area (Å²) in [6.07, 6.45) is 2.92. The van der Waals surface area contributed by atoms with Crippen LogP contribution in [0, 0.1) is 0 Å². The molecule has 0 spiro atoms. The zero-order valence-corrected chi connectivity index (χ0v) is 27.7. The maximum absolute atomic E-state index is 13.7. The van der Waals surface area contributed by atoms with Crippen LogP contribution in [-0.4, -0.2) is 66.7 Å². The summed E-state index contributed by atoms with van der Waals surface area (Å²) in [6, 6.07) is 26.0. The van der Waals surface area contributed by atoms with Crippen molar-refractivity contribution in [1.29, 1.82) is 0 Å². The van der Waals surface area contributed by atoms with Gasteiger partial charge in [-0.1, -0.05) is 110 Å². The molecule has 0 aliphatic carbocycles. The molecule has 6 N–H and O–H groups in total. The number of hydrogen-bond acceptors (Lipinski definition) is 6. The van der Waals surface area contributed by atoms with E-state index in [1.165, 1.54) is 0 Å². The van der Waals surface area contributed by atoms with Crippen LogP contribution in [0.15, 0.2) is 91.0 Å². The van der Waals surface area contributed by atoms with Crippen molar-refractivity contribution in [1.82, 2.24) is 26.6 Å². The third-order valence-corrected chi connectivity index (χ3v) is 7.61. The Morgan fingerprint density at radius 2 is 1.06 bits per heavy atom. The van der Waals surface area contributed by atoms with Crippen LogP contribution in [0.4, 0.5) is 9.59 Å². The molecule has 0 saturated heterocycles. The fourth-order valence-electron chi connectivity index (χ4n) is 5.04. The first-order valence-electron chi connectivity index (χ1n) is 16.7. The lowest BCUT2D eigenvalue weighted by Gasteiger charge is -2.24. The number of amides is 5. The number of ether oxygens (including phenoxy) is 1. The van der Waals surface area contributed by atoms with Crippen molar-refractivity contribution in [3.05, 3.63) is 108 Å². The van der Waals surface area contributed by atoms with Gasteiger partial charge in [0.05, 0.1) is 0 Å². The third kappa shape index (κ3) is 16.3. The second-order valence-corrected chi connectivity index (χ2v) is 11.6. The summed E-state index contributed by atoms with van der Waals surface area (Å²) in [4.78, 5) is 62.6. The lowest BCUT2D eigenvalue weighted by atomic mass is 10.0. The van der Waals surface area contributed by atoms with Crippen LogP contribution in [0.3, 0.4) is 0 Å². The number of carboxylic acid groups (broad SMARTS) is 1. The molecule has 3 aromatic carbocycles. The summed E-state index contributed by atoms with van der Waals surface area (Å²) in [5.74, 6) is -1.18. The van der Waals surface area contributed by atoms with E-state index in [1.807, 2.05) is 91.0 Å². The maximum atomic E-state index is 13.7. The van der Waals surface area contributed by atoms with E-state index in [0.29, 0.717) is 13.0 Å². The SMILES string of the molecule is O=C(O)NCCCCCCCC(=O)N[C@@H](Cc1ccccc1)C(=O)N[C@@H](Cc1ccccc1)C(=O)NCCNC(=O)OCc1ccccc1. The Morgan fingerprint density at radius 3 is 1.65 bits per heavy atom.